The monoisotopic (exact) mass is 389 g/mol. The lowest BCUT2D eigenvalue weighted by molar-refractivity contribution is -0.385. The fourth-order valence-corrected chi connectivity index (χ4v) is 4.15. The largest absolute Gasteiger partial charge is 0.454 e. The highest BCUT2D eigenvalue weighted by atomic mass is 16.7. The second-order valence-corrected chi connectivity index (χ2v) is 6.95. The van der Waals surface area contributed by atoms with Gasteiger partial charge in [0.05, 0.1) is 23.1 Å². The van der Waals surface area contributed by atoms with E-state index in [1.807, 2.05) is 24.3 Å². The van der Waals surface area contributed by atoms with Crippen molar-refractivity contribution in [3.8, 4) is 23.6 Å². The van der Waals surface area contributed by atoms with Gasteiger partial charge in [-0.1, -0.05) is 24.3 Å². The van der Waals surface area contributed by atoms with Gasteiger partial charge in [-0.25, -0.2) is 0 Å². The maximum atomic E-state index is 13.2. The summed E-state index contributed by atoms with van der Waals surface area (Å²) < 4.78 is 10.6. The molecule has 2 atom stereocenters. The van der Waals surface area contributed by atoms with E-state index in [1.165, 1.54) is 12.1 Å². The van der Waals surface area contributed by atoms with Crippen molar-refractivity contribution in [1.29, 1.82) is 10.5 Å². The van der Waals surface area contributed by atoms with Crippen molar-refractivity contribution >= 4 is 11.5 Å². The zero-order valence-electron chi connectivity index (χ0n) is 15.2. The number of hydrogen-bond acceptors (Lipinski definition) is 7. The Morgan fingerprint density at radius 3 is 2.52 bits per heavy atom. The minimum absolute atomic E-state index is 0.0731. The van der Waals surface area contributed by atoms with Gasteiger partial charge in [-0.05, 0) is 24.5 Å². The molecule has 1 heterocycles. The van der Waals surface area contributed by atoms with Crippen molar-refractivity contribution in [2.45, 2.75) is 18.8 Å². The van der Waals surface area contributed by atoms with Crippen LogP contribution in [0.25, 0.3) is 0 Å². The molecule has 2 unspecified atom stereocenters. The van der Waals surface area contributed by atoms with Gasteiger partial charge in [-0.2, -0.15) is 10.5 Å². The van der Waals surface area contributed by atoms with Crippen molar-refractivity contribution in [2.75, 3.05) is 6.79 Å². The van der Waals surface area contributed by atoms with Gasteiger partial charge in [-0.15, -0.1) is 0 Å². The maximum Gasteiger partial charge on any atom is 0.276 e. The van der Waals surface area contributed by atoms with Crippen LogP contribution in [0.1, 0.15) is 33.8 Å². The molecule has 8 heteroatoms. The Kier molecular flexibility index (Phi) is 4.61. The molecule has 0 N–H and O–H groups in total. The number of benzene rings is 2. The molecule has 8 nitrogen and oxygen atoms in total. The lowest BCUT2D eigenvalue weighted by Crippen LogP contribution is -2.31. The number of hydrogen-bond donors (Lipinski definition) is 0. The number of nitro groups is 1. The molecule has 0 saturated heterocycles. The topological polar surface area (TPSA) is 126 Å². The molecule has 0 bridgehead atoms. The Morgan fingerprint density at radius 2 is 1.83 bits per heavy atom. The van der Waals surface area contributed by atoms with E-state index in [9.17, 15) is 25.4 Å². The molecular formula is C21H15N3O5. The summed E-state index contributed by atoms with van der Waals surface area (Å²) in [5, 5.41) is 30.9. The molecule has 0 amide bonds. The molecule has 0 saturated carbocycles. The molecule has 0 fully saturated rings. The van der Waals surface area contributed by atoms with E-state index in [0.29, 0.717) is 24.2 Å². The number of ketones is 1. The van der Waals surface area contributed by atoms with Gasteiger partial charge in [0, 0.05) is 23.0 Å². The molecule has 0 aromatic heterocycles. The molecule has 0 radical (unpaired) electrons. The van der Waals surface area contributed by atoms with Crippen molar-refractivity contribution in [1.82, 2.24) is 0 Å². The summed E-state index contributed by atoms with van der Waals surface area (Å²) >= 11 is 0. The van der Waals surface area contributed by atoms with Crippen LogP contribution in [0.3, 0.4) is 0 Å². The first-order chi connectivity index (χ1) is 14.0. The number of nitrogens with zero attached hydrogens (tertiary/aromatic N) is 3. The fraction of sp³-hybridized carbons (Fsp3) is 0.286. The smallest absolute Gasteiger partial charge is 0.276 e. The number of rotatable bonds is 4. The number of carbonyl (C=O) groups excluding carboxylic acids is 1. The molecule has 2 aromatic rings. The zero-order valence-corrected chi connectivity index (χ0v) is 15.2. The molecule has 1 aliphatic heterocycles. The lowest BCUT2D eigenvalue weighted by Gasteiger charge is -2.31. The van der Waals surface area contributed by atoms with Crippen LogP contribution in [0.4, 0.5) is 5.69 Å². The van der Waals surface area contributed by atoms with Gasteiger partial charge in [0.25, 0.3) is 5.69 Å². The third-order valence-corrected chi connectivity index (χ3v) is 5.49. The van der Waals surface area contributed by atoms with Crippen molar-refractivity contribution in [2.24, 2.45) is 11.8 Å². The summed E-state index contributed by atoms with van der Waals surface area (Å²) in [6, 6.07) is 13.7. The number of nitriles is 2. The van der Waals surface area contributed by atoms with E-state index in [0.717, 1.165) is 5.56 Å². The quantitative estimate of drug-likeness (QED) is 0.578. The number of carbonyl (C=O) groups is 1. The highest BCUT2D eigenvalue weighted by Crippen LogP contribution is 2.47. The second kappa shape index (κ2) is 7.25. The highest BCUT2D eigenvalue weighted by molar-refractivity contribution is 6.01. The number of nitro benzene ring substituents is 1. The Bertz CT molecular complexity index is 1080. The average molecular weight is 389 g/mol. The van der Waals surface area contributed by atoms with E-state index in [2.05, 4.69) is 0 Å². The van der Waals surface area contributed by atoms with Crippen LogP contribution in [0.15, 0.2) is 36.4 Å². The molecule has 0 spiro atoms. The molecule has 1 aliphatic carbocycles. The molecular weight excluding hydrogens is 374 g/mol. The summed E-state index contributed by atoms with van der Waals surface area (Å²) in [4.78, 5) is 24.4. The number of fused-ring (bicyclic) bond motifs is 2. The fourth-order valence-electron chi connectivity index (χ4n) is 4.15. The molecule has 2 aromatic carbocycles. The van der Waals surface area contributed by atoms with Gasteiger partial charge >= 0.3 is 0 Å². The normalized spacial score (nSPS) is 17.9. The Hall–Kier alpha value is -3.91. The Balaban J connectivity index is 1.87. The average Bonchev–Trinajstić information content (AvgIpc) is 3.19. The lowest BCUT2D eigenvalue weighted by atomic mass is 9.69. The SMILES string of the molecule is N#CC(C#N)C(c1cc2c(cc1[N+](=O)[O-])OCO2)C1CCc2ccccc2C1=O. The number of Topliss-reactive ketones (excluding diaryl/α,β-unsaturated/α-hetero) is 1. The summed E-state index contributed by atoms with van der Waals surface area (Å²) in [5.74, 6) is -2.60. The predicted octanol–water partition coefficient (Wildman–Crippen LogP) is 3.52. The number of ether oxygens (including phenoxy) is 2. The van der Waals surface area contributed by atoms with Crippen LogP contribution < -0.4 is 9.47 Å². The highest BCUT2D eigenvalue weighted by Gasteiger charge is 2.42. The summed E-state index contributed by atoms with van der Waals surface area (Å²) in [6.07, 6.45) is 0.983. The van der Waals surface area contributed by atoms with Gasteiger partial charge in [0.1, 0.15) is 5.92 Å². The van der Waals surface area contributed by atoms with Crippen molar-refractivity contribution in [3.05, 3.63) is 63.2 Å². The first-order valence-corrected chi connectivity index (χ1v) is 9.04. The van der Waals surface area contributed by atoms with E-state index in [4.69, 9.17) is 9.47 Å². The van der Waals surface area contributed by atoms with Crippen molar-refractivity contribution in [3.63, 3.8) is 0 Å². The Morgan fingerprint density at radius 1 is 1.14 bits per heavy atom. The molecule has 144 valence electrons. The van der Waals surface area contributed by atoms with Crippen LogP contribution in [0.2, 0.25) is 0 Å². The van der Waals surface area contributed by atoms with Crippen LogP contribution in [0.5, 0.6) is 11.5 Å². The van der Waals surface area contributed by atoms with E-state index >= 15 is 0 Å². The minimum atomic E-state index is -1.23. The predicted molar refractivity (Wildman–Crippen MR) is 99.3 cm³/mol. The molecule has 29 heavy (non-hydrogen) atoms. The van der Waals surface area contributed by atoms with Crippen LogP contribution in [0, 0.1) is 44.6 Å². The van der Waals surface area contributed by atoms with Crippen LogP contribution in [-0.4, -0.2) is 17.5 Å². The Labute approximate surface area is 166 Å². The third-order valence-electron chi connectivity index (χ3n) is 5.49. The first kappa shape index (κ1) is 18.5. The molecule has 2 aliphatic rings. The second-order valence-electron chi connectivity index (χ2n) is 6.95. The van der Waals surface area contributed by atoms with E-state index < -0.39 is 22.7 Å². The van der Waals surface area contributed by atoms with Gasteiger partial charge in [-0.3, -0.25) is 14.9 Å². The third kappa shape index (κ3) is 3.05. The standard InChI is InChI=1S/C21H15N3O5/c22-9-13(10-23)20(15-6-5-12-3-1-2-4-14(12)21(15)25)16-7-18-19(29-11-28-18)8-17(16)24(26)27/h1-4,7-8,13,15,20H,5-6,11H2. The van der Waals surface area contributed by atoms with Gasteiger partial charge in [0.15, 0.2) is 17.3 Å². The van der Waals surface area contributed by atoms with Crippen molar-refractivity contribution < 1.29 is 19.2 Å². The van der Waals surface area contributed by atoms with E-state index in [1.54, 1.807) is 12.1 Å². The number of aryl methyl sites for hydroxylation is 1. The summed E-state index contributed by atoms with van der Waals surface area (Å²) in [6.45, 7) is -0.0731. The first-order valence-electron chi connectivity index (χ1n) is 9.04. The minimum Gasteiger partial charge on any atom is -0.454 e. The molecule has 4 rings (SSSR count). The van der Waals surface area contributed by atoms with E-state index in [-0.39, 0.29) is 29.6 Å². The van der Waals surface area contributed by atoms with Gasteiger partial charge in [0.2, 0.25) is 6.79 Å². The van der Waals surface area contributed by atoms with Crippen LogP contribution in [-0.2, 0) is 6.42 Å². The maximum absolute atomic E-state index is 13.2. The summed E-state index contributed by atoms with van der Waals surface area (Å²) in [5.41, 5.74) is 1.29. The zero-order chi connectivity index (χ0) is 20.5. The van der Waals surface area contributed by atoms with Crippen LogP contribution >= 0.6 is 0 Å². The summed E-state index contributed by atoms with van der Waals surface area (Å²) in [7, 11) is 0. The van der Waals surface area contributed by atoms with Gasteiger partial charge < -0.3 is 9.47 Å².